The summed E-state index contributed by atoms with van der Waals surface area (Å²) in [5.74, 6) is -3.31. The van der Waals surface area contributed by atoms with Crippen molar-refractivity contribution in [2.45, 2.75) is 10.6 Å². The summed E-state index contributed by atoms with van der Waals surface area (Å²) in [6, 6.07) is 13.4. The molecule has 0 aliphatic heterocycles. The zero-order valence-electron chi connectivity index (χ0n) is 13.3. The molecule has 0 bridgehead atoms. The number of carbonyl (C=O) groups is 1. The Kier molecular flexibility index (Phi) is 4.85. The molecule has 8 heteroatoms. The van der Waals surface area contributed by atoms with Crippen LogP contribution in [0.5, 0.6) is 0 Å². The molecule has 0 fully saturated rings. The summed E-state index contributed by atoms with van der Waals surface area (Å²) in [4.78, 5) is 12.2. The van der Waals surface area contributed by atoms with Crippen LogP contribution < -0.4 is 5.32 Å². The summed E-state index contributed by atoms with van der Waals surface area (Å²) in [7, 11) is -3.61. The van der Waals surface area contributed by atoms with Gasteiger partial charge in [0.1, 0.15) is 11.5 Å². The van der Waals surface area contributed by atoms with Gasteiger partial charge in [-0.25, -0.2) is 17.2 Å². The van der Waals surface area contributed by atoms with E-state index in [0.717, 1.165) is 12.1 Å². The van der Waals surface area contributed by atoms with Crippen LogP contribution in [0.4, 0.5) is 14.5 Å². The van der Waals surface area contributed by atoms with Crippen LogP contribution in [0, 0.1) is 11.6 Å². The number of carbonyl (C=O) groups excluding carboxylic acids is 1. The molecule has 0 saturated carbocycles. The van der Waals surface area contributed by atoms with Crippen LogP contribution in [-0.2, 0) is 15.6 Å². The van der Waals surface area contributed by atoms with Gasteiger partial charge in [0.15, 0.2) is 27.2 Å². The molecule has 1 aromatic heterocycles. The molecular formula is C18H13F2NO4S. The first kappa shape index (κ1) is 17.8. The number of anilines is 1. The molecular weight excluding hydrogens is 364 g/mol. The summed E-state index contributed by atoms with van der Waals surface area (Å²) in [6.07, 6.45) is 0. The standard InChI is InChI=1S/C18H13F2NO4S/c19-15-8-6-12(10-16(15)20)21-18(22)17-9-7-13(25-17)11-26(23,24)14-4-2-1-3-5-14/h1-10H,11H2,(H,21,22). The van der Waals surface area contributed by atoms with Gasteiger partial charge in [-0.2, -0.15) is 0 Å². The molecule has 1 heterocycles. The molecule has 1 N–H and O–H groups in total. The highest BCUT2D eigenvalue weighted by molar-refractivity contribution is 7.90. The Bertz CT molecular complexity index is 1050. The molecule has 5 nitrogen and oxygen atoms in total. The smallest absolute Gasteiger partial charge is 0.291 e. The minimum atomic E-state index is -3.61. The summed E-state index contributed by atoms with van der Waals surface area (Å²) in [6.45, 7) is 0. The Morgan fingerprint density at radius 1 is 0.962 bits per heavy atom. The average molecular weight is 377 g/mol. The molecule has 0 aliphatic rings. The molecule has 0 atom stereocenters. The number of sulfone groups is 1. The molecule has 26 heavy (non-hydrogen) atoms. The van der Waals surface area contributed by atoms with Gasteiger partial charge in [-0.1, -0.05) is 18.2 Å². The molecule has 0 unspecified atom stereocenters. The van der Waals surface area contributed by atoms with E-state index in [1.165, 1.54) is 30.3 Å². The molecule has 0 saturated heterocycles. The van der Waals surface area contributed by atoms with Crippen LogP contribution >= 0.6 is 0 Å². The van der Waals surface area contributed by atoms with Crippen molar-refractivity contribution in [3.05, 3.63) is 83.8 Å². The average Bonchev–Trinajstić information content (AvgIpc) is 3.07. The first-order valence-electron chi connectivity index (χ1n) is 7.48. The lowest BCUT2D eigenvalue weighted by Crippen LogP contribution is -2.11. The van der Waals surface area contributed by atoms with Crippen LogP contribution in [0.1, 0.15) is 16.3 Å². The largest absolute Gasteiger partial charge is 0.455 e. The topological polar surface area (TPSA) is 76.4 Å². The zero-order chi connectivity index (χ0) is 18.7. The lowest BCUT2D eigenvalue weighted by atomic mass is 10.3. The molecule has 3 rings (SSSR count). The Morgan fingerprint density at radius 3 is 2.38 bits per heavy atom. The van der Waals surface area contributed by atoms with Crippen molar-refractivity contribution in [1.82, 2.24) is 0 Å². The highest BCUT2D eigenvalue weighted by Gasteiger charge is 2.19. The van der Waals surface area contributed by atoms with E-state index in [1.807, 2.05) is 0 Å². The van der Waals surface area contributed by atoms with Gasteiger partial charge in [0.2, 0.25) is 0 Å². The second kappa shape index (κ2) is 7.09. The van der Waals surface area contributed by atoms with E-state index in [9.17, 15) is 22.0 Å². The number of halogens is 2. The Hall–Kier alpha value is -3.00. The van der Waals surface area contributed by atoms with Crippen LogP contribution in [0.3, 0.4) is 0 Å². The molecule has 0 aliphatic carbocycles. The van der Waals surface area contributed by atoms with Crippen LogP contribution in [0.2, 0.25) is 0 Å². The second-order valence-corrected chi connectivity index (χ2v) is 7.41. The number of hydrogen-bond acceptors (Lipinski definition) is 4. The minimum Gasteiger partial charge on any atom is -0.455 e. The minimum absolute atomic E-state index is 0.0451. The van der Waals surface area contributed by atoms with E-state index in [-0.39, 0.29) is 22.1 Å². The van der Waals surface area contributed by atoms with Crippen molar-refractivity contribution >= 4 is 21.4 Å². The monoisotopic (exact) mass is 377 g/mol. The maximum atomic E-state index is 13.2. The predicted molar refractivity (Wildman–Crippen MR) is 90.4 cm³/mol. The van der Waals surface area contributed by atoms with E-state index >= 15 is 0 Å². The number of furan rings is 1. The number of nitrogens with one attached hydrogen (secondary N) is 1. The third-order valence-electron chi connectivity index (χ3n) is 3.50. The van der Waals surface area contributed by atoms with Gasteiger partial charge in [0.05, 0.1) is 4.90 Å². The lowest BCUT2D eigenvalue weighted by molar-refractivity contribution is 0.0995. The first-order chi connectivity index (χ1) is 12.3. The molecule has 0 radical (unpaired) electrons. The maximum Gasteiger partial charge on any atom is 0.291 e. The quantitative estimate of drug-likeness (QED) is 0.734. The third kappa shape index (κ3) is 3.97. The van der Waals surface area contributed by atoms with Gasteiger partial charge in [-0.05, 0) is 36.4 Å². The predicted octanol–water partition coefficient (Wildman–Crippen LogP) is 3.78. The fourth-order valence-corrected chi connectivity index (χ4v) is 3.51. The summed E-state index contributed by atoms with van der Waals surface area (Å²) >= 11 is 0. The first-order valence-corrected chi connectivity index (χ1v) is 9.13. The summed E-state index contributed by atoms with van der Waals surface area (Å²) < 4.78 is 55.9. The Labute approximate surface area is 148 Å². The number of benzene rings is 2. The fourth-order valence-electron chi connectivity index (χ4n) is 2.24. The van der Waals surface area contributed by atoms with Gasteiger partial charge in [0.25, 0.3) is 5.91 Å². The molecule has 0 spiro atoms. The molecule has 1 amide bonds. The number of hydrogen-bond donors (Lipinski definition) is 1. The van der Waals surface area contributed by atoms with E-state index in [1.54, 1.807) is 18.2 Å². The summed E-state index contributed by atoms with van der Waals surface area (Å²) in [5, 5.41) is 2.35. The van der Waals surface area contributed by atoms with Gasteiger partial charge in [0, 0.05) is 11.8 Å². The summed E-state index contributed by atoms with van der Waals surface area (Å²) in [5.41, 5.74) is 0.0451. The highest BCUT2D eigenvalue weighted by Crippen LogP contribution is 2.19. The Balaban J connectivity index is 1.73. The van der Waals surface area contributed by atoms with Crippen LogP contribution in [0.25, 0.3) is 0 Å². The van der Waals surface area contributed by atoms with Crippen molar-refractivity contribution in [2.75, 3.05) is 5.32 Å². The van der Waals surface area contributed by atoms with Gasteiger partial charge in [-0.15, -0.1) is 0 Å². The van der Waals surface area contributed by atoms with E-state index < -0.39 is 33.1 Å². The number of amides is 1. The van der Waals surface area contributed by atoms with E-state index in [2.05, 4.69) is 5.32 Å². The van der Waals surface area contributed by atoms with Gasteiger partial charge < -0.3 is 9.73 Å². The van der Waals surface area contributed by atoms with Crippen molar-refractivity contribution in [2.24, 2.45) is 0 Å². The van der Waals surface area contributed by atoms with Crippen molar-refractivity contribution in [3.8, 4) is 0 Å². The molecule has 134 valence electrons. The SMILES string of the molecule is O=C(Nc1ccc(F)c(F)c1)c1ccc(CS(=O)(=O)c2ccccc2)o1. The molecule has 3 aromatic rings. The van der Waals surface area contributed by atoms with Crippen molar-refractivity contribution in [3.63, 3.8) is 0 Å². The third-order valence-corrected chi connectivity index (χ3v) is 5.15. The normalized spacial score (nSPS) is 11.3. The van der Waals surface area contributed by atoms with Crippen molar-refractivity contribution in [1.29, 1.82) is 0 Å². The maximum absolute atomic E-state index is 13.2. The van der Waals surface area contributed by atoms with E-state index in [4.69, 9.17) is 4.42 Å². The fraction of sp³-hybridized carbons (Fsp3) is 0.0556. The highest BCUT2D eigenvalue weighted by atomic mass is 32.2. The van der Waals surface area contributed by atoms with Crippen LogP contribution in [-0.4, -0.2) is 14.3 Å². The zero-order valence-corrected chi connectivity index (χ0v) is 14.1. The van der Waals surface area contributed by atoms with Gasteiger partial charge >= 0.3 is 0 Å². The number of rotatable bonds is 5. The Morgan fingerprint density at radius 2 is 1.69 bits per heavy atom. The van der Waals surface area contributed by atoms with Crippen LogP contribution in [0.15, 0.2) is 70.0 Å². The second-order valence-electron chi connectivity index (χ2n) is 5.42. The van der Waals surface area contributed by atoms with Crippen molar-refractivity contribution < 1.29 is 26.4 Å². The lowest BCUT2D eigenvalue weighted by Gasteiger charge is -2.04. The van der Waals surface area contributed by atoms with E-state index in [0.29, 0.717) is 0 Å². The molecule has 2 aromatic carbocycles. The van der Waals surface area contributed by atoms with Gasteiger partial charge in [-0.3, -0.25) is 4.79 Å².